The summed E-state index contributed by atoms with van der Waals surface area (Å²) in [5.41, 5.74) is 1.80. The number of carbonyl (C=O) groups excluding carboxylic acids is 2. The standard InChI is InChI=1S/C15H24N4O2/c1-11-13(17-10-20)6-12(7-16-11)18-14(21)4-5-19-8-15(2,3)9-19/h6-7,10-11,16H,4-5,8-9H2,1-3H3,(H,17,20)(H,18,21). The summed E-state index contributed by atoms with van der Waals surface area (Å²) in [7, 11) is 0. The molecule has 2 aliphatic rings. The lowest BCUT2D eigenvalue weighted by Crippen LogP contribution is -2.53. The van der Waals surface area contributed by atoms with E-state index in [1.165, 1.54) is 0 Å². The van der Waals surface area contributed by atoms with Crippen LogP contribution in [0.1, 0.15) is 27.2 Å². The molecule has 0 aromatic heterocycles. The van der Waals surface area contributed by atoms with Crippen LogP contribution >= 0.6 is 0 Å². The topological polar surface area (TPSA) is 73.5 Å². The molecule has 2 heterocycles. The number of nitrogens with zero attached hydrogens (tertiary/aromatic N) is 1. The summed E-state index contributed by atoms with van der Waals surface area (Å²) in [5, 5.41) is 8.58. The lowest BCUT2D eigenvalue weighted by Gasteiger charge is -2.45. The maximum Gasteiger partial charge on any atom is 0.225 e. The largest absolute Gasteiger partial charge is 0.381 e. The summed E-state index contributed by atoms with van der Waals surface area (Å²) in [5.74, 6) is -0.0102. The van der Waals surface area contributed by atoms with E-state index in [2.05, 4.69) is 34.7 Å². The summed E-state index contributed by atoms with van der Waals surface area (Å²) < 4.78 is 0. The van der Waals surface area contributed by atoms with Crippen LogP contribution in [0.5, 0.6) is 0 Å². The number of dihydropyridines is 1. The van der Waals surface area contributed by atoms with Gasteiger partial charge in [0.15, 0.2) is 0 Å². The molecule has 1 atom stereocenters. The number of nitrogens with one attached hydrogen (secondary N) is 3. The van der Waals surface area contributed by atoms with Crippen LogP contribution in [0.2, 0.25) is 0 Å². The highest BCUT2D eigenvalue weighted by Crippen LogP contribution is 2.28. The molecule has 116 valence electrons. The minimum Gasteiger partial charge on any atom is -0.381 e. The van der Waals surface area contributed by atoms with Crippen LogP contribution in [0.4, 0.5) is 0 Å². The Morgan fingerprint density at radius 3 is 2.86 bits per heavy atom. The van der Waals surface area contributed by atoms with Crippen LogP contribution in [0.3, 0.4) is 0 Å². The Hall–Kier alpha value is -1.82. The SMILES string of the molecule is CC1NC=C(NC(=O)CCN2CC(C)(C)C2)C=C1NC=O. The zero-order valence-corrected chi connectivity index (χ0v) is 12.9. The average Bonchev–Trinajstić information content (AvgIpc) is 2.38. The monoisotopic (exact) mass is 292 g/mol. The highest BCUT2D eigenvalue weighted by Gasteiger charge is 2.33. The van der Waals surface area contributed by atoms with Crippen LogP contribution in [0.25, 0.3) is 0 Å². The van der Waals surface area contributed by atoms with Crippen molar-refractivity contribution in [3.05, 3.63) is 23.7 Å². The second-order valence-electron chi connectivity index (χ2n) is 6.52. The van der Waals surface area contributed by atoms with Crippen molar-refractivity contribution in [2.24, 2.45) is 5.41 Å². The van der Waals surface area contributed by atoms with Crippen molar-refractivity contribution in [2.75, 3.05) is 19.6 Å². The van der Waals surface area contributed by atoms with E-state index >= 15 is 0 Å². The molecule has 6 heteroatoms. The van der Waals surface area contributed by atoms with Gasteiger partial charge in [0.2, 0.25) is 12.3 Å². The van der Waals surface area contributed by atoms with Gasteiger partial charge in [0, 0.05) is 38.0 Å². The predicted octanol–water partition coefficient (Wildman–Crippen LogP) is 0.298. The first-order chi connectivity index (χ1) is 9.89. The third-order valence-electron chi connectivity index (χ3n) is 3.73. The van der Waals surface area contributed by atoms with Gasteiger partial charge in [-0.15, -0.1) is 0 Å². The maximum atomic E-state index is 11.9. The van der Waals surface area contributed by atoms with Crippen LogP contribution in [-0.2, 0) is 9.59 Å². The summed E-state index contributed by atoms with van der Waals surface area (Å²) in [6, 6.07) is 0.0270. The fourth-order valence-electron chi connectivity index (χ4n) is 2.75. The van der Waals surface area contributed by atoms with Gasteiger partial charge in [-0.25, -0.2) is 0 Å². The van der Waals surface area contributed by atoms with Crippen molar-refractivity contribution in [2.45, 2.75) is 33.2 Å². The Kier molecular flexibility index (Phi) is 4.67. The van der Waals surface area contributed by atoms with Crippen molar-refractivity contribution in [3.8, 4) is 0 Å². The van der Waals surface area contributed by atoms with E-state index in [1.54, 1.807) is 12.3 Å². The van der Waals surface area contributed by atoms with Crippen molar-refractivity contribution in [3.63, 3.8) is 0 Å². The zero-order chi connectivity index (χ0) is 15.5. The first-order valence-electron chi connectivity index (χ1n) is 7.30. The molecule has 2 aliphatic heterocycles. The molecule has 1 fully saturated rings. The quantitative estimate of drug-likeness (QED) is 0.616. The highest BCUT2D eigenvalue weighted by molar-refractivity contribution is 5.78. The molecule has 3 N–H and O–H groups in total. The maximum absolute atomic E-state index is 11.9. The van der Waals surface area contributed by atoms with Gasteiger partial charge < -0.3 is 20.9 Å². The Balaban J connectivity index is 1.76. The van der Waals surface area contributed by atoms with E-state index in [1.807, 2.05) is 6.92 Å². The van der Waals surface area contributed by atoms with Crippen molar-refractivity contribution in [1.29, 1.82) is 0 Å². The number of carbonyl (C=O) groups is 2. The minimum absolute atomic E-state index is 0.0102. The second kappa shape index (κ2) is 6.30. The molecule has 0 aliphatic carbocycles. The number of allylic oxidation sites excluding steroid dienone is 1. The van der Waals surface area contributed by atoms with Crippen molar-refractivity contribution in [1.82, 2.24) is 20.9 Å². The Labute approximate surface area is 125 Å². The van der Waals surface area contributed by atoms with Crippen molar-refractivity contribution >= 4 is 12.3 Å². The van der Waals surface area contributed by atoms with E-state index in [0.29, 0.717) is 23.9 Å². The normalized spacial score (nSPS) is 24.0. The zero-order valence-electron chi connectivity index (χ0n) is 12.9. The van der Waals surface area contributed by atoms with Gasteiger partial charge in [0.1, 0.15) is 0 Å². The molecule has 0 spiro atoms. The van der Waals surface area contributed by atoms with Crippen LogP contribution < -0.4 is 16.0 Å². The summed E-state index contributed by atoms with van der Waals surface area (Å²) in [6.45, 7) is 9.29. The average molecular weight is 292 g/mol. The number of hydrogen-bond donors (Lipinski definition) is 3. The van der Waals surface area contributed by atoms with Gasteiger partial charge in [-0.3, -0.25) is 9.59 Å². The van der Waals surface area contributed by atoms with Gasteiger partial charge in [-0.05, 0) is 18.4 Å². The molecular weight excluding hydrogens is 268 g/mol. The van der Waals surface area contributed by atoms with Gasteiger partial charge in [0.05, 0.1) is 11.7 Å². The van der Waals surface area contributed by atoms with Crippen molar-refractivity contribution < 1.29 is 9.59 Å². The molecule has 6 nitrogen and oxygen atoms in total. The van der Waals surface area contributed by atoms with E-state index in [-0.39, 0.29) is 11.9 Å². The molecule has 0 aromatic carbocycles. The fourth-order valence-corrected chi connectivity index (χ4v) is 2.75. The lowest BCUT2D eigenvalue weighted by molar-refractivity contribution is -0.121. The molecule has 0 saturated carbocycles. The second-order valence-corrected chi connectivity index (χ2v) is 6.52. The first-order valence-corrected chi connectivity index (χ1v) is 7.30. The number of likely N-dealkylation sites (tertiary alicyclic amines) is 1. The van der Waals surface area contributed by atoms with Gasteiger partial charge in [-0.1, -0.05) is 13.8 Å². The molecule has 1 saturated heterocycles. The summed E-state index contributed by atoms with van der Waals surface area (Å²) in [6.07, 6.45) is 4.65. The third-order valence-corrected chi connectivity index (χ3v) is 3.73. The van der Waals surface area contributed by atoms with Crippen LogP contribution in [0, 0.1) is 5.41 Å². The molecule has 0 bridgehead atoms. The molecule has 0 radical (unpaired) electrons. The minimum atomic E-state index is -0.0102. The summed E-state index contributed by atoms with van der Waals surface area (Å²) >= 11 is 0. The smallest absolute Gasteiger partial charge is 0.225 e. The van der Waals surface area contributed by atoms with E-state index in [4.69, 9.17) is 0 Å². The molecule has 0 aromatic rings. The number of hydrogen-bond acceptors (Lipinski definition) is 4. The number of rotatable bonds is 6. The Bertz CT molecular complexity index is 474. The number of amides is 2. The summed E-state index contributed by atoms with van der Waals surface area (Å²) in [4.78, 5) is 24.7. The van der Waals surface area contributed by atoms with E-state index in [0.717, 1.165) is 25.3 Å². The highest BCUT2D eigenvalue weighted by atomic mass is 16.1. The van der Waals surface area contributed by atoms with Gasteiger partial charge >= 0.3 is 0 Å². The molecule has 2 rings (SSSR count). The van der Waals surface area contributed by atoms with Crippen LogP contribution in [0.15, 0.2) is 23.7 Å². The molecular formula is C15H24N4O2. The van der Waals surface area contributed by atoms with E-state index in [9.17, 15) is 9.59 Å². The first kappa shape index (κ1) is 15.6. The molecule has 1 unspecified atom stereocenters. The van der Waals surface area contributed by atoms with Crippen LogP contribution in [-0.4, -0.2) is 42.9 Å². The van der Waals surface area contributed by atoms with Gasteiger partial charge in [0.25, 0.3) is 0 Å². The Morgan fingerprint density at radius 2 is 2.24 bits per heavy atom. The molecule has 21 heavy (non-hydrogen) atoms. The predicted molar refractivity (Wildman–Crippen MR) is 80.9 cm³/mol. The Morgan fingerprint density at radius 1 is 1.52 bits per heavy atom. The third kappa shape index (κ3) is 4.32. The molecule has 2 amide bonds. The lowest BCUT2D eigenvalue weighted by atomic mass is 9.84. The fraction of sp³-hybridized carbons (Fsp3) is 0.600. The van der Waals surface area contributed by atoms with Gasteiger partial charge in [-0.2, -0.15) is 0 Å². The van der Waals surface area contributed by atoms with E-state index < -0.39 is 0 Å².